The van der Waals surface area contributed by atoms with Crippen molar-refractivity contribution in [1.82, 2.24) is 14.8 Å². The summed E-state index contributed by atoms with van der Waals surface area (Å²) in [5.41, 5.74) is -0.208. The van der Waals surface area contributed by atoms with Crippen molar-refractivity contribution in [2.45, 2.75) is 45.3 Å². The van der Waals surface area contributed by atoms with E-state index in [9.17, 15) is 5.11 Å². The molecule has 1 aliphatic carbocycles. The Labute approximate surface area is 158 Å². The largest absolute Gasteiger partial charge is 0.387 e. The van der Waals surface area contributed by atoms with Gasteiger partial charge in [-0.1, -0.05) is 48.3 Å². The number of benzene rings is 1. The first-order valence-electron chi connectivity index (χ1n) is 8.47. The van der Waals surface area contributed by atoms with Gasteiger partial charge in [0.1, 0.15) is 12.7 Å². The molecule has 134 valence electrons. The van der Waals surface area contributed by atoms with Gasteiger partial charge < -0.3 is 5.11 Å². The average Bonchev–Trinajstić information content (AvgIpc) is 3.12. The van der Waals surface area contributed by atoms with Crippen LogP contribution in [0.2, 0.25) is 5.02 Å². The predicted octanol–water partition coefficient (Wildman–Crippen LogP) is 4.46. The number of aromatic nitrogens is 3. The lowest BCUT2D eigenvalue weighted by atomic mass is 9.71. The highest BCUT2D eigenvalue weighted by Crippen LogP contribution is 2.53. The predicted molar refractivity (Wildman–Crippen MR) is 101 cm³/mol. The van der Waals surface area contributed by atoms with Crippen LogP contribution in [0.1, 0.15) is 32.3 Å². The van der Waals surface area contributed by atoms with Crippen molar-refractivity contribution >= 4 is 23.2 Å². The van der Waals surface area contributed by atoms with E-state index in [-0.39, 0.29) is 5.92 Å². The Kier molecular flexibility index (Phi) is 5.24. The molecule has 0 spiro atoms. The molecule has 1 aromatic carbocycles. The zero-order valence-electron chi connectivity index (χ0n) is 14.5. The molecular weight excluding hydrogens is 357 g/mol. The molecule has 0 radical (unpaired) electrons. The summed E-state index contributed by atoms with van der Waals surface area (Å²) in [6, 6.07) is 7.84. The van der Waals surface area contributed by atoms with E-state index in [4.69, 9.17) is 23.2 Å². The molecule has 1 N–H and O–H groups in total. The van der Waals surface area contributed by atoms with Crippen LogP contribution in [0.5, 0.6) is 0 Å². The van der Waals surface area contributed by atoms with Crippen molar-refractivity contribution < 1.29 is 5.11 Å². The summed E-state index contributed by atoms with van der Waals surface area (Å²) >= 11 is 12.2. The second kappa shape index (κ2) is 7.10. The number of hydrogen-bond donors (Lipinski definition) is 1. The Morgan fingerprint density at radius 3 is 2.72 bits per heavy atom. The van der Waals surface area contributed by atoms with E-state index in [1.807, 2.05) is 37.3 Å². The zero-order chi connectivity index (χ0) is 18.1. The summed E-state index contributed by atoms with van der Waals surface area (Å²) in [7, 11) is 0. The van der Waals surface area contributed by atoms with E-state index >= 15 is 0 Å². The fourth-order valence-electron chi connectivity index (χ4n) is 4.08. The lowest BCUT2D eigenvalue weighted by Crippen LogP contribution is -2.50. The highest BCUT2D eigenvalue weighted by atomic mass is 35.5. The third-order valence-electron chi connectivity index (χ3n) is 5.46. The topological polar surface area (TPSA) is 50.9 Å². The van der Waals surface area contributed by atoms with Crippen molar-refractivity contribution in [2.24, 2.45) is 11.3 Å². The molecular formula is C19H23Cl2N3O. The molecule has 4 nitrogen and oxygen atoms in total. The summed E-state index contributed by atoms with van der Waals surface area (Å²) < 4.78 is 1.70. The normalized spacial score (nSPS) is 30.0. The van der Waals surface area contributed by atoms with Crippen LogP contribution in [0.25, 0.3) is 0 Å². The van der Waals surface area contributed by atoms with Gasteiger partial charge in [0.15, 0.2) is 0 Å². The van der Waals surface area contributed by atoms with Crippen molar-refractivity contribution in [3.63, 3.8) is 0 Å². The van der Waals surface area contributed by atoms with Gasteiger partial charge in [-0.3, -0.25) is 4.68 Å². The summed E-state index contributed by atoms with van der Waals surface area (Å²) in [5, 5.41) is 17.4. The van der Waals surface area contributed by atoms with Crippen LogP contribution in [0.3, 0.4) is 0 Å². The molecule has 0 aliphatic heterocycles. The van der Waals surface area contributed by atoms with Gasteiger partial charge in [-0.25, -0.2) is 4.98 Å². The second-order valence-corrected chi connectivity index (χ2v) is 8.26. The molecule has 1 fully saturated rings. The zero-order valence-corrected chi connectivity index (χ0v) is 16.0. The number of aliphatic hydroxyl groups is 1. The number of hydrogen-bond acceptors (Lipinski definition) is 3. The van der Waals surface area contributed by atoms with Crippen molar-refractivity contribution in [3.8, 4) is 0 Å². The third kappa shape index (κ3) is 3.76. The van der Waals surface area contributed by atoms with Crippen LogP contribution in [0.4, 0.5) is 0 Å². The molecule has 1 heterocycles. The molecule has 1 saturated carbocycles. The molecule has 0 amide bonds. The third-order valence-corrected chi connectivity index (χ3v) is 5.82. The summed E-state index contributed by atoms with van der Waals surface area (Å²) in [6.07, 6.45) is 7.71. The van der Waals surface area contributed by atoms with Crippen LogP contribution in [-0.2, 0) is 13.0 Å². The summed E-state index contributed by atoms with van der Waals surface area (Å²) in [6.45, 7) is 4.33. The standard InChI is InChI=1S/C19H23Cl2N3O/c1-14(20)10-18(2)8-7-16(9-15-3-5-17(21)6-4-15)19(18,25)11-24-13-22-12-23-24/h3-6,10,12-13,16,25H,7-9,11H2,1-2H3/b14-10-/t16-,18-,19-/m1/s1. The van der Waals surface area contributed by atoms with Crippen molar-refractivity contribution in [2.75, 3.05) is 0 Å². The molecule has 2 aromatic rings. The minimum Gasteiger partial charge on any atom is -0.387 e. The van der Waals surface area contributed by atoms with Crippen molar-refractivity contribution in [3.05, 3.63) is 58.6 Å². The first-order valence-corrected chi connectivity index (χ1v) is 9.22. The highest BCUT2D eigenvalue weighted by molar-refractivity contribution is 6.30. The van der Waals surface area contributed by atoms with Crippen LogP contribution in [0, 0.1) is 11.3 Å². The van der Waals surface area contributed by atoms with E-state index in [0.29, 0.717) is 11.6 Å². The Morgan fingerprint density at radius 2 is 2.12 bits per heavy atom. The van der Waals surface area contributed by atoms with Gasteiger partial charge in [0.05, 0.1) is 12.1 Å². The van der Waals surface area contributed by atoms with Crippen LogP contribution < -0.4 is 0 Å². The maximum Gasteiger partial charge on any atom is 0.137 e. The Morgan fingerprint density at radius 1 is 1.40 bits per heavy atom. The smallest absolute Gasteiger partial charge is 0.137 e. The number of nitrogens with zero attached hydrogens (tertiary/aromatic N) is 3. The van der Waals surface area contributed by atoms with Crippen LogP contribution in [0.15, 0.2) is 48.0 Å². The van der Waals surface area contributed by atoms with Gasteiger partial charge in [-0.05, 0) is 49.8 Å². The Hall–Kier alpha value is -1.36. The van der Waals surface area contributed by atoms with Crippen LogP contribution in [-0.4, -0.2) is 25.5 Å². The molecule has 6 heteroatoms. The fourth-order valence-corrected chi connectivity index (χ4v) is 4.45. The van der Waals surface area contributed by atoms with Gasteiger partial charge in [0, 0.05) is 15.5 Å². The molecule has 3 atom stereocenters. The minimum atomic E-state index is -0.962. The van der Waals surface area contributed by atoms with Gasteiger partial charge >= 0.3 is 0 Å². The number of rotatable bonds is 5. The number of allylic oxidation sites excluding steroid dienone is 1. The molecule has 0 unspecified atom stereocenters. The molecule has 3 rings (SSSR count). The van der Waals surface area contributed by atoms with E-state index in [2.05, 4.69) is 17.0 Å². The Bertz CT molecular complexity index is 741. The van der Waals surface area contributed by atoms with Gasteiger partial charge in [0.25, 0.3) is 0 Å². The van der Waals surface area contributed by atoms with Gasteiger partial charge in [0.2, 0.25) is 0 Å². The Balaban J connectivity index is 1.93. The van der Waals surface area contributed by atoms with Crippen LogP contribution >= 0.6 is 23.2 Å². The fraction of sp³-hybridized carbons (Fsp3) is 0.474. The first-order chi connectivity index (χ1) is 11.8. The maximum atomic E-state index is 11.8. The number of halogens is 2. The summed E-state index contributed by atoms with van der Waals surface area (Å²) in [4.78, 5) is 4.01. The first kappa shape index (κ1) is 18.4. The van der Waals surface area contributed by atoms with E-state index < -0.39 is 11.0 Å². The SMILES string of the molecule is C/C(Cl)=C/[C@@]1(C)CC[C@H](Cc2ccc(Cl)cc2)[C@]1(O)Cn1cncn1. The second-order valence-electron chi connectivity index (χ2n) is 7.23. The maximum absolute atomic E-state index is 11.8. The van der Waals surface area contributed by atoms with Gasteiger partial charge in [-0.15, -0.1) is 0 Å². The molecule has 0 bridgehead atoms. The molecule has 1 aliphatic rings. The molecule has 0 saturated heterocycles. The highest BCUT2D eigenvalue weighted by Gasteiger charge is 2.55. The molecule has 1 aromatic heterocycles. The van der Waals surface area contributed by atoms with Crippen molar-refractivity contribution in [1.29, 1.82) is 0 Å². The summed E-state index contributed by atoms with van der Waals surface area (Å²) in [5.74, 6) is 0.0927. The lowest BCUT2D eigenvalue weighted by Gasteiger charge is -2.41. The van der Waals surface area contributed by atoms with E-state index in [1.54, 1.807) is 11.0 Å². The monoisotopic (exact) mass is 379 g/mol. The molecule has 25 heavy (non-hydrogen) atoms. The quantitative estimate of drug-likeness (QED) is 0.833. The lowest BCUT2D eigenvalue weighted by molar-refractivity contribution is -0.0784. The van der Waals surface area contributed by atoms with E-state index in [1.165, 1.54) is 11.9 Å². The average molecular weight is 380 g/mol. The van der Waals surface area contributed by atoms with Gasteiger partial charge in [-0.2, -0.15) is 5.10 Å². The minimum absolute atomic E-state index is 0.0927. The van der Waals surface area contributed by atoms with E-state index in [0.717, 1.165) is 24.3 Å².